The minimum atomic E-state index is -3.54. The molecule has 0 aliphatic rings. The third-order valence-corrected chi connectivity index (χ3v) is 5.36. The summed E-state index contributed by atoms with van der Waals surface area (Å²) in [6, 6.07) is 5.85. The normalized spacial score (nSPS) is 11.7. The predicted octanol–water partition coefficient (Wildman–Crippen LogP) is 1.76. The number of hydrogen-bond acceptors (Lipinski definition) is 5. The second-order valence-corrected chi connectivity index (χ2v) is 7.18. The maximum Gasteiger partial charge on any atom is 0.275 e. The molecule has 0 spiro atoms. The van der Waals surface area contributed by atoms with E-state index in [2.05, 4.69) is 15.3 Å². The minimum Gasteiger partial charge on any atom is -0.321 e. The van der Waals surface area contributed by atoms with Crippen molar-refractivity contribution in [3.63, 3.8) is 0 Å². The Morgan fingerprint density at radius 3 is 2.35 bits per heavy atom. The fourth-order valence-corrected chi connectivity index (χ4v) is 3.13. The van der Waals surface area contributed by atoms with E-state index in [-0.39, 0.29) is 16.6 Å². The fraction of sp³-hybridized carbons (Fsp3) is 0.267. The van der Waals surface area contributed by atoms with Gasteiger partial charge in [-0.2, -0.15) is 4.31 Å². The van der Waals surface area contributed by atoms with Crippen LogP contribution in [0.5, 0.6) is 0 Å². The molecule has 0 aliphatic carbocycles. The summed E-state index contributed by atoms with van der Waals surface area (Å²) in [5, 5.41) is 2.64. The van der Waals surface area contributed by atoms with Crippen LogP contribution in [0, 0.1) is 0 Å². The molecule has 0 fully saturated rings. The summed E-state index contributed by atoms with van der Waals surface area (Å²) in [5.41, 5.74) is 0.663. The lowest BCUT2D eigenvalue weighted by Gasteiger charge is -2.21. The van der Waals surface area contributed by atoms with Crippen LogP contribution in [0.15, 0.2) is 47.8 Å². The predicted molar refractivity (Wildman–Crippen MR) is 86.5 cm³/mol. The van der Waals surface area contributed by atoms with Crippen LogP contribution in [0.3, 0.4) is 0 Å². The Kier molecular flexibility index (Phi) is 5.07. The molecule has 0 aliphatic heterocycles. The van der Waals surface area contributed by atoms with E-state index in [0.717, 1.165) is 0 Å². The van der Waals surface area contributed by atoms with Gasteiger partial charge in [0.2, 0.25) is 10.0 Å². The van der Waals surface area contributed by atoms with Gasteiger partial charge in [0, 0.05) is 31.2 Å². The topological polar surface area (TPSA) is 92.3 Å². The quantitative estimate of drug-likeness (QED) is 0.899. The van der Waals surface area contributed by atoms with Gasteiger partial charge in [0.1, 0.15) is 5.69 Å². The van der Waals surface area contributed by atoms with E-state index >= 15 is 0 Å². The van der Waals surface area contributed by atoms with E-state index in [4.69, 9.17) is 0 Å². The van der Waals surface area contributed by atoms with Crippen molar-refractivity contribution in [1.29, 1.82) is 0 Å². The SMILES string of the molecule is CC(C)N(C)S(=O)(=O)c1ccc(NC(=O)c2cnccn2)cc1. The Bertz CT molecular complexity index is 774. The first-order chi connectivity index (χ1) is 10.8. The number of sulfonamides is 1. The van der Waals surface area contributed by atoms with Gasteiger partial charge in [-0.1, -0.05) is 0 Å². The Balaban J connectivity index is 2.16. The summed E-state index contributed by atoms with van der Waals surface area (Å²) in [4.78, 5) is 19.8. The molecule has 0 radical (unpaired) electrons. The molecular formula is C15H18N4O3S. The maximum atomic E-state index is 12.3. The van der Waals surface area contributed by atoms with Crippen LogP contribution in [-0.2, 0) is 10.0 Å². The van der Waals surface area contributed by atoms with Gasteiger partial charge in [0.25, 0.3) is 5.91 Å². The molecule has 1 aromatic carbocycles. The number of nitrogens with one attached hydrogen (secondary N) is 1. The molecule has 2 aromatic rings. The Morgan fingerprint density at radius 2 is 1.83 bits per heavy atom. The molecule has 0 saturated heterocycles. The van der Waals surface area contributed by atoms with Gasteiger partial charge in [-0.05, 0) is 38.1 Å². The zero-order chi connectivity index (χ0) is 17.0. The van der Waals surface area contributed by atoms with Crippen LogP contribution in [0.1, 0.15) is 24.3 Å². The van der Waals surface area contributed by atoms with Gasteiger partial charge in [-0.25, -0.2) is 13.4 Å². The lowest BCUT2D eigenvalue weighted by Crippen LogP contribution is -2.33. The van der Waals surface area contributed by atoms with Gasteiger partial charge in [0.15, 0.2) is 0 Å². The number of anilines is 1. The van der Waals surface area contributed by atoms with Crippen LogP contribution < -0.4 is 5.32 Å². The molecule has 2 rings (SSSR count). The highest BCUT2D eigenvalue weighted by atomic mass is 32.2. The minimum absolute atomic E-state index is 0.143. The molecular weight excluding hydrogens is 316 g/mol. The second-order valence-electron chi connectivity index (χ2n) is 5.18. The van der Waals surface area contributed by atoms with Gasteiger partial charge in [-0.15, -0.1) is 0 Å². The van der Waals surface area contributed by atoms with E-state index in [0.29, 0.717) is 5.69 Å². The molecule has 1 N–H and O–H groups in total. The molecule has 8 heteroatoms. The average Bonchev–Trinajstić information content (AvgIpc) is 2.55. The van der Waals surface area contributed by atoms with Crippen molar-refractivity contribution in [2.45, 2.75) is 24.8 Å². The lowest BCUT2D eigenvalue weighted by atomic mass is 10.3. The van der Waals surface area contributed by atoms with Gasteiger partial charge in [-0.3, -0.25) is 9.78 Å². The number of hydrogen-bond donors (Lipinski definition) is 1. The van der Waals surface area contributed by atoms with Gasteiger partial charge in [0.05, 0.1) is 11.1 Å². The molecule has 1 amide bonds. The molecule has 1 heterocycles. The summed E-state index contributed by atoms with van der Waals surface area (Å²) in [5.74, 6) is -0.409. The Morgan fingerprint density at radius 1 is 1.17 bits per heavy atom. The molecule has 0 saturated carbocycles. The Labute approximate surface area is 135 Å². The van der Waals surface area contributed by atoms with Crippen molar-refractivity contribution >= 4 is 21.6 Å². The highest BCUT2D eigenvalue weighted by molar-refractivity contribution is 7.89. The largest absolute Gasteiger partial charge is 0.321 e. The number of carbonyl (C=O) groups excluding carboxylic acids is 1. The molecule has 7 nitrogen and oxygen atoms in total. The van der Waals surface area contributed by atoms with Crippen LogP contribution in [0.2, 0.25) is 0 Å². The van der Waals surface area contributed by atoms with Crippen molar-refractivity contribution in [1.82, 2.24) is 14.3 Å². The third kappa shape index (κ3) is 3.91. The van der Waals surface area contributed by atoms with E-state index in [1.165, 1.54) is 54.2 Å². The molecule has 0 atom stereocenters. The van der Waals surface area contributed by atoms with E-state index < -0.39 is 15.9 Å². The summed E-state index contributed by atoms with van der Waals surface area (Å²) in [7, 11) is -2.01. The fourth-order valence-electron chi connectivity index (χ4n) is 1.77. The van der Waals surface area contributed by atoms with Crippen molar-refractivity contribution in [2.24, 2.45) is 0 Å². The van der Waals surface area contributed by atoms with Crippen LogP contribution in [0.25, 0.3) is 0 Å². The number of carbonyl (C=O) groups is 1. The number of rotatable bonds is 5. The van der Waals surface area contributed by atoms with E-state index in [1.54, 1.807) is 13.8 Å². The average molecular weight is 334 g/mol. The monoisotopic (exact) mass is 334 g/mol. The summed E-state index contributed by atoms with van der Waals surface area (Å²) in [6.45, 7) is 3.60. The standard InChI is InChI=1S/C15H18N4O3S/c1-11(2)19(3)23(21,22)13-6-4-12(5-7-13)18-15(20)14-10-16-8-9-17-14/h4-11H,1-3H3,(H,18,20). The van der Waals surface area contributed by atoms with Gasteiger partial charge >= 0.3 is 0 Å². The molecule has 1 aromatic heterocycles. The number of amides is 1. The number of nitrogens with zero attached hydrogens (tertiary/aromatic N) is 3. The molecule has 0 bridgehead atoms. The smallest absolute Gasteiger partial charge is 0.275 e. The third-order valence-electron chi connectivity index (χ3n) is 3.31. The second kappa shape index (κ2) is 6.84. The van der Waals surface area contributed by atoms with E-state index in [1.807, 2.05) is 0 Å². The number of aromatic nitrogens is 2. The molecule has 122 valence electrons. The van der Waals surface area contributed by atoms with Crippen LogP contribution in [-0.4, -0.2) is 41.7 Å². The zero-order valence-electron chi connectivity index (χ0n) is 13.1. The summed E-state index contributed by atoms with van der Waals surface area (Å²) < 4.78 is 26.0. The van der Waals surface area contributed by atoms with E-state index in [9.17, 15) is 13.2 Å². The first-order valence-electron chi connectivity index (χ1n) is 6.98. The highest BCUT2D eigenvalue weighted by Crippen LogP contribution is 2.19. The molecule has 23 heavy (non-hydrogen) atoms. The number of benzene rings is 1. The lowest BCUT2D eigenvalue weighted by molar-refractivity contribution is 0.102. The zero-order valence-corrected chi connectivity index (χ0v) is 13.9. The first kappa shape index (κ1) is 17.0. The van der Waals surface area contributed by atoms with Crippen molar-refractivity contribution in [3.8, 4) is 0 Å². The van der Waals surface area contributed by atoms with Crippen LogP contribution in [0.4, 0.5) is 5.69 Å². The van der Waals surface area contributed by atoms with Crippen LogP contribution >= 0.6 is 0 Å². The first-order valence-corrected chi connectivity index (χ1v) is 8.42. The van der Waals surface area contributed by atoms with Gasteiger partial charge < -0.3 is 5.32 Å². The van der Waals surface area contributed by atoms with Crippen molar-refractivity contribution in [2.75, 3.05) is 12.4 Å². The maximum absolute atomic E-state index is 12.3. The summed E-state index contributed by atoms with van der Waals surface area (Å²) in [6.07, 6.45) is 4.25. The highest BCUT2D eigenvalue weighted by Gasteiger charge is 2.22. The van der Waals surface area contributed by atoms with Crippen molar-refractivity contribution in [3.05, 3.63) is 48.5 Å². The Hall–Kier alpha value is -2.32. The summed E-state index contributed by atoms with van der Waals surface area (Å²) >= 11 is 0. The molecule has 0 unspecified atom stereocenters. The van der Waals surface area contributed by atoms with Crippen molar-refractivity contribution < 1.29 is 13.2 Å².